The van der Waals surface area contributed by atoms with Gasteiger partial charge in [-0.3, -0.25) is 14.2 Å². The highest BCUT2D eigenvalue weighted by molar-refractivity contribution is 5.95. The van der Waals surface area contributed by atoms with Crippen LogP contribution >= 0.6 is 0 Å². The number of rotatable bonds is 7. The number of aromatic nitrogens is 3. The second-order valence-electron chi connectivity index (χ2n) is 6.97. The summed E-state index contributed by atoms with van der Waals surface area (Å²) in [5.74, 6) is 0.0479. The standard InChI is InChI=1S/C24H22N3O2/c1-3-17(19-14-25-20-13-9-8-12-18(19)20)23-21(15-28)27(16-10-6-5-7-11-16)24(26-23)22(29)4-2/h5-14,17,25H,3-4H2,1-2H3. The normalized spacial score (nSPS) is 12.2. The molecular weight excluding hydrogens is 362 g/mol. The Bertz CT molecular complexity index is 1170. The van der Waals surface area contributed by atoms with E-state index in [1.54, 1.807) is 11.5 Å². The highest BCUT2D eigenvalue weighted by Crippen LogP contribution is 2.35. The molecule has 0 bridgehead atoms. The molecule has 1 unspecified atom stereocenters. The molecule has 29 heavy (non-hydrogen) atoms. The molecule has 0 fully saturated rings. The molecule has 0 aliphatic rings. The minimum absolute atomic E-state index is 0.106. The maximum atomic E-state index is 12.7. The van der Waals surface area contributed by atoms with E-state index in [-0.39, 0.29) is 17.5 Å². The number of imidazole rings is 1. The summed E-state index contributed by atoms with van der Waals surface area (Å²) in [6.07, 6.45) is 5.09. The fourth-order valence-electron chi connectivity index (χ4n) is 3.89. The third kappa shape index (κ3) is 3.18. The van der Waals surface area contributed by atoms with Gasteiger partial charge in [-0.2, -0.15) is 0 Å². The summed E-state index contributed by atoms with van der Waals surface area (Å²) in [4.78, 5) is 32.8. The number of benzene rings is 2. The zero-order valence-corrected chi connectivity index (χ0v) is 16.5. The van der Waals surface area contributed by atoms with Crippen LogP contribution in [0.25, 0.3) is 16.6 Å². The van der Waals surface area contributed by atoms with E-state index < -0.39 is 0 Å². The maximum absolute atomic E-state index is 12.7. The molecule has 0 saturated carbocycles. The summed E-state index contributed by atoms with van der Waals surface area (Å²) in [7, 11) is 0. The van der Waals surface area contributed by atoms with Gasteiger partial charge in [-0.05, 0) is 30.2 Å². The first-order chi connectivity index (χ1) is 14.2. The molecule has 5 heteroatoms. The van der Waals surface area contributed by atoms with Gasteiger partial charge in [-0.15, -0.1) is 0 Å². The average Bonchev–Trinajstić information content (AvgIpc) is 3.37. The molecule has 145 valence electrons. The molecular formula is C24H22N3O2. The second-order valence-corrected chi connectivity index (χ2v) is 6.97. The summed E-state index contributed by atoms with van der Waals surface area (Å²) in [6, 6.07) is 17.4. The van der Waals surface area contributed by atoms with Crippen LogP contribution in [0.15, 0.2) is 60.8 Å². The summed E-state index contributed by atoms with van der Waals surface area (Å²) in [5, 5.41) is 1.09. The summed E-state index contributed by atoms with van der Waals surface area (Å²) >= 11 is 0. The molecule has 1 radical (unpaired) electrons. The first kappa shape index (κ1) is 18.9. The zero-order valence-electron chi connectivity index (χ0n) is 16.5. The third-order valence-electron chi connectivity index (χ3n) is 5.32. The van der Waals surface area contributed by atoms with Crippen LogP contribution in [0, 0.1) is 0 Å². The number of para-hydroxylation sites is 2. The Morgan fingerprint density at radius 2 is 1.83 bits per heavy atom. The molecule has 0 aliphatic heterocycles. The van der Waals surface area contributed by atoms with E-state index in [1.807, 2.05) is 54.7 Å². The van der Waals surface area contributed by atoms with Gasteiger partial charge in [-0.1, -0.05) is 50.2 Å². The Balaban J connectivity index is 1.96. The van der Waals surface area contributed by atoms with Crippen LogP contribution in [0.5, 0.6) is 0 Å². The number of carbonyl (C=O) groups excluding carboxylic acids is 2. The molecule has 0 amide bonds. The van der Waals surface area contributed by atoms with E-state index >= 15 is 0 Å². The van der Waals surface area contributed by atoms with Gasteiger partial charge in [0.15, 0.2) is 11.6 Å². The molecule has 4 rings (SSSR count). The van der Waals surface area contributed by atoms with Crippen molar-refractivity contribution in [2.75, 3.05) is 0 Å². The van der Waals surface area contributed by atoms with Crippen molar-refractivity contribution in [1.29, 1.82) is 0 Å². The summed E-state index contributed by atoms with van der Waals surface area (Å²) in [5.41, 5.74) is 3.73. The van der Waals surface area contributed by atoms with Gasteiger partial charge >= 0.3 is 0 Å². The number of nitrogens with one attached hydrogen (secondary N) is 1. The summed E-state index contributed by atoms with van der Waals surface area (Å²) < 4.78 is 1.64. The van der Waals surface area contributed by atoms with E-state index in [1.165, 1.54) is 0 Å². The van der Waals surface area contributed by atoms with E-state index in [4.69, 9.17) is 4.98 Å². The second kappa shape index (κ2) is 7.87. The molecule has 4 aromatic rings. The van der Waals surface area contributed by atoms with Crippen molar-refractivity contribution >= 4 is 23.0 Å². The fraction of sp³-hybridized carbons (Fsp3) is 0.208. The fourth-order valence-corrected chi connectivity index (χ4v) is 3.89. The van der Waals surface area contributed by atoms with Crippen molar-refractivity contribution in [3.05, 3.63) is 83.6 Å². The SMILES string of the molecule is CCC(=O)c1nc(C(CC)c2c[nH]c3ccccc23)c([C]=O)n1-c1ccccc1. The highest BCUT2D eigenvalue weighted by atomic mass is 16.1. The minimum Gasteiger partial charge on any atom is -0.361 e. The number of ketones is 1. The van der Waals surface area contributed by atoms with Gasteiger partial charge in [0, 0.05) is 35.1 Å². The van der Waals surface area contributed by atoms with Gasteiger partial charge in [-0.25, -0.2) is 4.98 Å². The van der Waals surface area contributed by atoms with E-state index in [9.17, 15) is 9.59 Å². The van der Waals surface area contributed by atoms with Crippen molar-refractivity contribution in [3.63, 3.8) is 0 Å². The Morgan fingerprint density at radius 1 is 1.10 bits per heavy atom. The minimum atomic E-state index is -0.129. The predicted octanol–water partition coefficient (Wildman–Crippen LogP) is 4.95. The largest absolute Gasteiger partial charge is 0.361 e. The molecule has 2 aromatic heterocycles. The number of nitrogens with zero attached hydrogens (tertiary/aromatic N) is 2. The lowest BCUT2D eigenvalue weighted by Crippen LogP contribution is -2.10. The zero-order chi connectivity index (χ0) is 20.4. The molecule has 1 atom stereocenters. The topological polar surface area (TPSA) is 67.8 Å². The predicted molar refractivity (Wildman–Crippen MR) is 113 cm³/mol. The smallest absolute Gasteiger partial charge is 0.253 e. The molecule has 0 spiro atoms. The maximum Gasteiger partial charge on any atom is 0.253 e. The number of Topliss-reactive ketones (excluding diaryl/α,β-unsaturated/α-hetero) is 1. The van der Waals surface area contributed by atoms with E-state index in [2.05, 4.69) is 24.3 Å². The Hall–Kier alpha value is -3.47. The van der Waals surface area contributed by atoms with Crippen LogP contribution < -0.4 is 0 Å². The van der Waals surface area contributed by atoms with Crippen molar-refractivity contribution in [1.82, 2.24) is 14.5 Å². The molecule has 1 N–H and O–H groups in total. The van der Waals surface area contributed by atoms with Gasteiger partial charge in [0.05, 0.1) is 5.69 Å². The van der Waals surface area contributed by atoms with Gasteiger partial charge in [0.25, 0.3) is 6.29 Å². The van der Waals surface area contributed by atoms with Crippen molar-refractivity contribution in [3.8, 4) is 5.69 Å². The monoisotopic (exact) mass is 384 g/mol. The van der Waals surface area contributed by atoms with Crippen LogP contribution in [0.2, 0.25) is 0 Å². The first-order valence-electron chi connectivity index (χ1n) is 9.85. The Labute approximate surface area is 169 Å². The third-order valence-corrected chi connectivity index (χ3v) is 5.32. The lowest BCUT2D eigenvalue weighted by molar-refractivity contribution is 0.0976. The average molecular weight is 384 g/mol. The van der Waals surface area contributed by atoms with Crippen molar-refractivity contribution in [2.45, 2.75) is 32.6 Å². The molecule has 0 aliphatic carbocycles. The molecule has 0 saturated heterocycles. The van der Waals surface area contributed by atoms with Crippen LogP contribution in [0.3, 0.4) is 0 Å². The van der Waals surface area contributed by atoms with Gasteiger partial charge < -0.3 is 4.98 Å². The summed E-state index contributed by atoms with van der Waals surface area (Å²) in [6.45, 7) is 3.86. The van der Waals surface area contributed by atoms with Crippen molar-refractivity contribution < 1.29 is 9.59 Å². The van der Waals surface area contributed by atoms with Crippen LogP contribution in [0.1, 0.15) is 60.2 Å². The first-order valence-corrected chi connectivity index (χ1v) is 9.85. The Kier molecular flexibility index (Phi) is 5.12. The van der Waals surface area contributed by atoms with E-state index in [0.717, 1.165) is 28.6 Å². The molecule has 2 aromatic carbocycles. The molecule has 5 nitrogen and oxygen atoms in total. The van der Waals surface area contributed by atoms with Crippen LogP contribution in [-0.2, 0) is 4.79 Å². The van der Waals surface area contributed by atoms with Crippen LogP contribution in [-0.4, -0.2) is 26.6 Å². The number of H-pyrrole nitrogens is 1. The van der Waals surface area contributed by atoms with Crippen molar-refractivity contribution in [2.24, 2.45) is 0 Å². The number of hydrogen-bond donors (Lipinski definition) is 1. The lowest BCUT2D eigenvalue weighted by atomic mass is 9.91. The quantitative estimate of drug-likeness (QED) is 0.459. The lowest BCUT2D eigenvalue weighted by Gasteiger charge is -2.13. The van der Waals surface area contributed by atoms with Crippen LogP contribution in [0.4, 0.5) is 0 Å². The van der Waals surface area contributed by atoms with E-state index in [0.29, 0.717) is 17.8 Å². The number of aromatic amines is 1. The van der Waals surface area contributed by atoms with Gasteiger partial charge in [0.2, 0.25) is 0 Å². The highest BCUT2D eigenvalue weighted by Gasteiger charge is 2.28. The number of fused-ring (bicyclic) bond motifs is 1. The molecule has 2 heterocycles. The number of carbonyl (C=O) groups is 1. The Morgan fingerprint density at radius 3 is 2.52 bits per heavy atom. The number of hydrogen-bond acceptors (Lipinski definition) is 3. The van der Waals surface area contributed by atoms with Gasteiger partial charge in [0.1, 0.15) is 5.69 Å².